The van der Waals surface area contributed by atoms with E-state index >= 15 is 0 Å². The maximum Gasteiger partial charge on any atom is 0.0672 e. The molecule has 2 aromatic rings. The molecule has 0 bridgehead atoms. The molecule has 5 nitrogen and oxygen atoms in total. The van der Waals surface area contributed by atoms with E-state index < -0.39 is 0 Å². The summed E-state index contributed by atoms with van der Waals surface area (Å²) in [4.78, 5) is 2.29. The number of hydrogen-bond acceptors (Lipinski definition) is 4. The summed E-state index contributed by atoms with van der Waals surface area (Å²) in [6.07, 6.45) is 3.83. The summed E-state index contributed by atoms with van der Waals surface area (Å²) in [5.41, 5.74) is 9.00. The van der Waals surface area contributed by atoms with Gasteiger partial charge in [0, 0.05) is 25.1 Å². The number of H-pyrrole nitrogens is 1. The summed E-state index contributed by atoms with van der Waals surface area (Å²) in [6.45, 7) is 2.20. The topological polar surface area (TPSA) is 78.2 Å². The van der Waals surface area contributed by atoms with Crippen LogP contribution in [0.1, 0.15) is 12.8 Å². The molecule has 1 aliphatic heterocycles. The first kappa shape index (κ1) is 11.3. The highest BCUT2D eigenvalue weighted by atomic mass is 16.3. The van der Waals surface area contributed by atoms with Crippen LogP contribution in [0, 0.1) is 5.92 Å². The van der Waals surface area contributed by atoms with Gasteiger partial charge in [0.2, 0.25) is 0 Å². The van der Waals surface area contributed by atoms with Crippen LogP contribution in [0.2, 0.25) is 0 Å². The van der Waals surface area contributed by atoms with Gasteiger partial charge in [-0.1, -0.05) is 0 Å². The highest BCUT2D eigenvalue weighted by Crippen LogP contribution is 2.31. The number of aromatic amines is 1. The fourth-order valence-electron chi connectivity index (χ4n) is 2.63. The molecule has 0 saturated carbocycles. The van der Waals surface area contributed by atoms with Crippen LogP contribution in [0.3, 0.4) is 0 Å². The molecule has 0 atom stereocenters. The normalized spacial score (nSPS) is 17.5. The number of rotatable bonds is 2. The number of hydrogen-bond donors (Lipinski definition) is 3. The first-order chi connectivity index (χ1) is 8.78. The molecule has 5 heteroatoms. The molecular formula is C13H18N4O. The standard InChI is InChI=1S/C13H18N4O/c14-11-5-10-7-15-16-12(10)6-13(11)17-3-1-9(8-18)2-4-17/h5-7,9,18H,1-4,8,14H2,(H,15,16). The fraction of sp³-hybridized carbons (Fsp3) is 0.462. The molecule has 1 fully saturated rings. The van der Waals surface area contributed by atoms with Gasteiger partial charge in [0.05, 0.1) is 23.1 Å². The van der Waals surface area contributed by atoms with E-state index in [1.807, 2.05) is 6.07 Å². The van der Waals surface area contributed by atoms with E-state index in [4.69, 9.17) is 10.8 Å². The Morgan fingerprint density at radius 1 is 1.39 bits per heavy atom. The van der Waals surface area contributed by atoms with Gasteiger partial charge in [-0.25, -0.2) is 0 Å². The van der Waals surface area contributed by atoms with Crippen molar-refractivity contribution in [2.24, 2.45) is 5.92 Å². The van der Waals surface area contributed by atoms with Crippen LogP contribution in [-0.4, -0.2) is 35.0 Å². The Morgan fingerprint density at radius 2 is 2.17 bits per heavy atom. The number of aromatic nitrogens is 2. The van der Waals surface area contributed by atoms with Crippen LogP contribution < -0.4 is 10.6 Å². The van der Waals surface area contributed by atoms with Crippen LogP contribution in [-0.2, 0) is 0 Å². The average molecular weight is 246 g/mol. The summed E-state index contributed by atoms with van der Waals surface area (Å²) in [6, 6.07) is 4.03. The van der Waals surface area contributed by atoms with E-state index in [-0.39, 0.29) is 0 Å². The first-order valence-electron chi connectivity index (χ1n) is 6.36. The van der Waals surface area contributed by atoms with Gasteiger partial charge in [-0.05, 0) is 30.9 Å². The Kier molecular flexibility index (Phi) is 2.83. The zero-order chi connectivity index (χ0) is 12.5. The third-order valence-corrected chi connectivity index (χ3v) is 3.80. The van der Waals surface area contributed by atoms with Crippen LogP contribution in [0.4, 0.5) is 11.4 Å². The highest BCUT2D eigenvalue weighted by Gasteiger charge is 2.20. The van der Waals surface area contributed by atoms with E-state index in [9.17, 15) is 0 Å². The monoisotopic (exact) mass is 246 g/mol. The second kappa shape index (κ2) is 4.49. The summed E-state index contributed by atoms with van der Waals surface area (Å²) < 4.78 is 0. The number of nitrogens with zero attached hydrogens (tertiary/aromatic N) is 2. The predicted octanol–water partition coefficient (Wildman–Crippen LogP) is 1.35. The third kappa shape index (κ3) is 1.90. The van der Waals surface area contributed by atoms with Gasteiger partial charge in [-0.3, -0.25) is 5.10 Å². The summed E-state index contributed by atoms with van der Waals surface area (Å²) in [5.74, 6) is 0.443. The van der Waals surface area contributed by atoms with Crippen molar-refractivity contribution in [1.82, 2.24) is 10.2 Å². The maximum atomic E-state index is 9.16. The van der Waals surface area contributed by atoms with Gasteiger partial charge < -0.3 is 15.7 Å². The van der Waals surface area contributed by atoms with Crippen molar-refractivity contribution in [3.05, 3.63) is 18.3 Å². The molecule has 1 saturated heterocycles. The Labute approximate surface area is 106 Å². The van der Waals surface area contributed by atoms with Crippen LogP contribution in [0.5, 0.6) is 0 Å². The molecule has 2 heterocycles. The largest absolute Gasteiger partial charge is 0.397 e. The lowest BCUT2D eigenvalue weighted by molar-refractivity contribution is 0.203. The van der Waals surface area contributed by atoms with E-state index in [1.54, 1.807) is 6.20 Å². The maximum absolute atomic E-state index is 9.16. The minimum absolute atomic E-state index is 0.295. The Morgan fingerprint density at radius 3 is 2.89 bits per heavy atom. The SMILES string of the molecule is Nc1cc2cn[nH]c2cc1N1CCC(CO)CC1. The molecule has 0 radical (unpaired) electrons. The van der Waals surface area contributed by atoms with Gasteiger partial charge in [-0.15, -0.1) is 0 Å². The van der Waals surface area contributed by atoms with Gasteiger partial charge in [0.15, 0.2) is 0 Å². The molecule has 1 aromatic carbocycles. The minimum Gasteiger partial charge on any atom is -0.397 e. The molecule has 0 aliphatic carbocycles. The number of nitrogen functional groups attached to an aromatic ring is 1. The molecule has 18 heavy (non-hydrogen) atoms. The van der Waals surface area contributed by atoms with E-state index in [0.717, 1.165) is 48.2 Å². The van der Waals surface area contributed by atoms with Crippen molar-refractivity contribution in [3.8, 4) is 0 Å². The molecule has 96 valence electrons. The lowest BCUT2D eigenvalue weighted by Gasteiger charge is -2.33. The lowest BCUT2D eigenvalue weighted by atomic mass is 9.97. The number of fused-ring (bicyclic) bond motifs is 1. The second-order valence-corrected chi connectivity index (χ2v) is 4.98. The molecule has 3 rings (SSSR count). The van der Waals surface area contributed by atoms with Crippen molar-refractivity contribution in [2.75, 3.05) is 30.3 Å². The summed E-state index contributed by atoms with van der Waals surface area (Å²) >= 11 is 0. The molecular weight excluding hydrogens is 228 g/mol. The highest BCUT2D eigenvalue weighted by molar-refractivity contribution is 5.88. The van der Waals surface area contributed by atoms with Gasteiger partial charge >= 0.3 is 0 Å². The van der Waals surface area contributed by atoms with Crippen molar-refractivity contribution in [1.29, 1.82) is 0 Å². The molecule has 0 unspecified atom stereocenters. The number of aliphatic hydroxyl groups excluding tert-OH is 1. The van der Waals surface area contributed by atoms with E-state index in [2.05, 4.69) is 21.2 Å². The molecule has 4 N–H and O–H groups in total. The van der Waals surface area contributed by atoms with Gasteiger partial charge in [0.1, 0.15) is 0 Å². The number of anilines is 2. The third-order valence-electron chi connectivity index (χ3n) is 3.80. The van der Waals surface area contributed by atoms with Crippen LogP contribution >= 0.6 is 0 Å². The molecule has 1 aliphatic rings. The molecule has 1 aromatic heterocycles. The number of aliphatic hydroxyl groups is 1. The van der Waals surface area contributed by atoms with E-state index in [1.165, 1.54) is 0 Å². The van der Waals surface area contributed by atoms with Gasteiger partial charge in [-0.2, -0.15) is 5.10 Å². The number of benzene rings is 1. The van der Waals surface area contributed by atoms with Crippen molar-refractivity contribution in [2.45, 2.75) is 12.8 Å². The van der Waals surface area contributed by atoms with Crippen molar-refractivity contribution < 1.29 is 5.11 Å². The first-order valence-corrected chi connectivity index (χ1v) is 6.36. The average Bonchev–Trinajstić information content (AvgIpc) is 2.85. The zero-order valence-corrected chi connectivity index (χ0v) is 10.3. The predicted molar refractivity (Wildman–Crippen MR) is 72.5 cm³/mol. The quantitative estimate of drug-likeness (QED) is 0.699. The van der Waals surface area contributed by atoms with E-state index in [0.29, 0.717) is 12.5 Å². The van der Waals surface area contributed by atoms with Crippen molar-refractivity contribution in [3.63, 3.8) is 0 Å². The Bertz CT molecular complexity index is 543. The number of nitrogens with one attached hydrogen (secondary N) is 1. The molecule has 0 spiro atoms. The van der Waals surface area contributed by atoms with Crippen LogP contribution in [0.25, 0.3) is 10.9 Å². The lowest BCUT2D eigenvalue weighted by Crippen LogP contribution is -2.35. The number of nitrogens with two attached hydrogens (primary N) is 1. The van der Waals surface area contributed by atoms with Gasteiger partial charge in [0.25, 0.3) is 0 Å². The second-order valence-electron chi connectivity index (χ2n) is 4.98. The van der Waals surface area contributed by atoms with Crippen molar-refractivity contribution >= 4 is 22.3 Å². The van der Waals surface area contributed by atoms with Crippen LogP contribution in [0.15, 0.2) is 18.3 Å². The zero-order valence-electron chi connectivity index (χ0n) is 10.3. The summed E-state index contributed by atoms with van der Waals surface area (Å²) in [7, 11) is 0. The molecule has 0 amide bonds. The Hall–Kier alpha value is -1.75. The minimum atomic E-state index is 0.295. The summed E-state index contributed by atoms with van der Waals surface area (Å²) in [5, 5.41) is 17.2. The number of piperidine rings is 1. The fourth-order valence-corrected chi connectivity index (χ4v) is 2.63. The Balaban J connectivity index is 1.87. The smallest absolute Gasteiger partial charge is 0.0672 e.